The number of ether oxygens (including phenoxy) is 1. The smallest absolute Gasteiger partial charge is 0.237 e. The lowest BCUT2D eigenvalue weighted by atomic mass is 10.2. The number of nitrogens with one attached hydrogen (secondary N) is 1. The van der Waals surface area contributed by atoms with Crippen molar-refractivity contribution in [1.82, 2.24) is 10.2 Å². The van der Waals surface area contributed by atoms with E-state index in [1.54, 1.807) is 0 Å². The SMILES string of the molecule is Cc1cccc(OCCCNC(=O)[C@H](C)N2[C@H](C)CC[C@@H]2C)c1. The molecule has 1 aliphatic heterocycles. The first kappa shape index (κ1) is 17.8. The fourth-order valence-corrected chi connectivity index (χ4v) is 3.44. The number of amides is 1. The highest BCUT2D eigenvalue weighted by atomic mass is 16.5. The second-order valence-electron chi connectivity index (χ2n) is 6.71. The molecule has 4 nitrogen and oxygen atoms in total. The van der Waals surface area contributed by atoms with Gasteiger partial charge in [-0.1, -0.05) is 12.1 Å². The number of carbonyl (C=O) groups is 1. The molecule has 1 fully saturated rings. The summed E-state index contributed by atoms with van der Waals surface area (Å²) in [6.07, 6.45) is 3.18. The van der Waals surface area contributed by atoms with Crippen LogP contribution in [0.2, 0.25) is 0 Å². The van der Waals surface area contributed by atoms with Gasteiger partial charge >= 0.3 is 0 Å². The highest BCUT2D eigenvalue weighted by Crippen LogP contribution is 2.25. The Balaban J connectivity index is 1.66. The number of nitrogens with zero attached hydrogens (tertiary/aromatic N) is 1. The van der Waals surface area contributed by atoms with E-state index in [4.69, 9.17) is 4.74 Å². The van der Waals surface area contributed by atoms with Gasteiger partial charge in [0, 0.05) is 18.6 Å². The third-order valence-corrected chi connectivity index (χ3v) is 4.73. The van der Waals surface area contributed by atoms with Gasteiger partial charge in [-0.05, 0) is 64.7 Å². The minimum atomic E-state index is -0.0554. The number of likely N-dealkylation sites (tertiary alicyclic amines) is 1. The molecule has 1 aromatic carbocycles. The standard InChI is InChI=1S/C19H30N2O2/c1-14-7-5-8-18(13-14)23-12-6-11-20-19(22)17(4)21-15(2)9-10-16(21)3/h5,7-8,13,15-17H,6,9-12H2,1-4H3,(H,20,22)/t15-,16+,17-/m0/s1. The molecule has 0 spiro atoms. The van der Waals surface area contributed by atoms with Crippen LogP contribution in [0.25, 0.3) is 0 Å². The topological polar surface area (TPSA) is 41.6 Å². The van der Waals surface area contributed by atoms with Gasteiger partial charge in [-0.15, -0.1) is 0 Å². The third-order valence-electron chi connectivity index (χ3n) is 4.73. The van der Waals surface area contributed by atoms with Crippen molar-refractivity contribution in [2.24, 2.45) is 0 Å². The van der Waals surface area contributed by atoms with Crippen LogP contribution in [-0.2, 0) is 4.79 Å². The maximum Gasteiger partial charge on any atom is 0.237 e. The average molecular weight is 318 g/mol. The molecule has 1 heterocycles. The Morgan fingerprint density at radius 2 is 2.04 bits per heavy atom. The minimum Gasteiger partial charge on any atom is -0.494 e. The van der Waals surface area contributed by atoms with E-state index in [2.05, 4.69) is 37.1 Å². The van der Waals surface area contributed by atoms with Crippen molar-refractivity contribution in [2.75, 3.05) is 13.2 Å². The van der Waals surface area contributed by atoms with Gasteiger partial charge in [0.05, 0.1) is 12.6 Å². The molecule has 1 saturated heterocycles. The van der Waals surface area contributed by atoms with Gasteiger partial charge in [0.1, 0.15) is 5.75 Å². The lowest BCUT2D eigenvalue weighted by Crippen LogP contribution is -2.49. The van der Waals surface area contributed by atoms with E-state index in [0.717, 1.165) is 12.2 Å². The minimum absolute atomic E-state index is 0.0554. The number of hydrogen-bond acceptors (Lipinski definition) is 3. The molecule has 4 heteroatoms. The quantitative estimate of drug-likeness (QED) is 0.785. The summed E-state index contributed by atoms with van der Waals surface area (Å²) >= 11 is 0. The van der Waals surface area contributed by atoms with Crippen LogP contribution < -0.4 is 10.1 Å². The maximum absolute atomic E-state index is 12.3. The van der Waals surface area contributed by atoms with Crippen molar-refractivity contribution in [2.45, 2.75) is 65.1 Å². The first-order chi connectivity index (χ1) is 11.0. The van der Waals surface area contributed by atoms with Crippen LogP contribution in [0, 0.1) is 6.92 Å². The van der Waals surface area contributed by atoms with Gasteiger partial charge in [0.25, 0.3) is 0 Å². The zero-order valence-corrected chi connectivity index (χ0v) is 14.8. The molecule has 1 aliphatic rings. The van der Waals surface area contributed by atoms with Gasteiger partial charge in [-0.2, -0.15) is 0 Å². The molecule has 23 heavy (non-hydrogen) atoms. The normalized spacial score (nSPS) is 22.8. The maximum atomic E-state index is 12.3. The monoisotopic (exact) mass is 318 g/mol. The molecule has 3 atom stereocenters. The number of rotatable bonds is 7. The fraction of sp³-hybridized carbons (Fsp3) is 0.632. The van der Waals surface area contributed by atoms with Gasteiger partial charge in [0.2, 0.25) is 5.91 Å². The van der Waals surface area contributed by atoms with Gasteiger partial charge < -0.3 is 10.1 Å². The Hall–Kier alpha value is -1.55. The molecule has 1 amide bonds. The molecule has 1 aromatic rings. The summed E-state index contributed by atoms with van der Waals surface area (Å²) in [6, 6.07) is 8.97. The number of carbonyl (C=O) groups excluding carboxylic acids is 1. The molecule has 1 N–H and O–H groups in total. The van der Waals surface area contributed by atoms with Crippen LogP contribution in [0.3, 0.4) is 0 Å². The van der Waals surface area contributed by atoms with Crippen molar-refractivity contribution < 1.29 is 9.53 Å². The second kappa shape index (κ2) is 8.34. The Kier molecular flexibility index (Phi) is 6.46. The van der Waals surface area contributed by atoms with Crippen LogP contribution in [0.4, 0.5) is 0 Å². The Labute approximate surface area is 140 Å². The summed E-state index contributed by atoms with van der Waals surface area (Å²) in [5.74, 6) is 1.02. The van der Waals surface area contributed by atoms with Crippen molar-refractivity contribution in [3.05, 3.63) is 29.8 Å². The Morgan fingerprint density at radius 3 is 2.70 bits per heavy atom. The summed E-state index contributed by atoms with van der Waals surface area (Å²) in [5, 5.41) is 3.04. The molecule has 0 aliphatic carbocycles. The lowest BCUT2D eigenvalue weighted by Gasteiger charge is -2.31. The predicted octanol–water partition coefficient (Wildman–Crippen LogP) is 3.14. The van der Waals surface area contributed by atoms with Crippen LogP contribution in [-0.4, -0.2) is 42.1 Å². The summed E-state index contributed by atoms with van der Waals surface area (Å²) in [5.41, 5.74) is 1.19. The van der Waals surface area contributed by atoms with E-state index in [9.17, 15) is 4.79 Å². The van der Waals surface area contributed by atoms with Crippen LogP contribution in [0.1, 0.15) is 45.6 Å². The number of benzene rings is 1. The highest BCUT2D eigenvalue weighted by molar-refractivity contribution is 5.81. The zero-order chi connectivity index (χ0) is 16.8. The van der Waals surface area contributed by atoms with Crippen LogP contribution >= 0.6 is 0 Å². The third kappa shape index (κ3) is 4.96. The fourth-order valence-electron chi connectivity index (χ4n) is 3.44. The summed E-state index contributed by atoms with van der Waals surface area (Å²) in [6.45, 7) is 9.76. The van der Waals surface area contributed by atoms with E-state index < -0.39 is 0 Å². The predicted molar refractivity (Wildman–Crippen MR) is 93.8 cm³/mol. The van der Waals surface area contributed by atoms with Crippen molar-refractivity contribution in [3.63, 3.8) is 0 Å². The van der Waals surface area contributed by atoms with E-state index in [1.807, 2.05) is 25.1 Å². The summed E-state index contributed by atoms with van der Waals surface area (Å²) in [7, 11) is 0. The van der Waals surface area contributed by atoms with E-state index in [0.29, 0.717) is 25.2 Å². The first-order valence-corrected chi connectivity index (χ1v) is 8.73. The largest absolute Gasteiger partial charge is 0.494 e. The van der Waals surface area contributed by atoms with Gasteiger partial charge in [-0.3, -0.25) is 9.69 Å². The van der Waals surface area contributed by atoms with Gasteiger partial charge in [-0.25, -0.2) is 0 Å². The zero-order valence-electron chi connectivity index (χ0n) is 14.8. The lowest BCUT2D eigenvalue weighted by molar-refractivity contribution is -0.126. The van der Waals surface area contributed by atoms with Crippen LogP contribution in [0.15, 0.2) is 24.3 Å². The molecule has 128 valence electrons. The molecular formula is C19H30N2O2. The average Bonchev–Trinajstić information content (AvgIpc) is 2.85. The van der Waals surface area contributed by atoms with E-state index in [-0.39, 0.29) is 11.9 Å². The number of aryl methyl sites for hydroxylation is 1. The van der Waals surface area contributed by atoms with E-state index in [1.165, 1.54) is 18.4 Å². The molecule has 0 unspecified atom stereocenters. The second-order valence-corrected chi connectivity index (χ2v) is 6.71. The summed E-state index contributed by atoms with van der Waals surface area (Å²) < 4.78 is 5.70. The Bertz CT molecular complexity index is 508. The first-order valence-electron chi connectivity index (χ1n) is 8.73. The van der Waals surface area contributed by atoms with E-state index >= 15 is 0 Å². The molecule has 2 rings (SSSR count). The van der Waals surface area contributed by atoms with Crippen molar-refractivity contribution in [3.8, 4) is 5.75 Å². The van der Waals surface area contributed by atoms with Crippen molar-refractivity contribution >= 4 is 5.91 Å². The highest BCUT2D eigenvalue weighted by Gasteiger charge is 2.33. The molecule has 0 radical (unpaired) electrons. The van der Waals surface area contributed by atoms with Gasteiger partial charge in [0.15, 0.2) is 0 Å². The Morgan fingerprint density at radius 1 is 1.35 bits per heavy atom. The van der Waals surface area contributed by atoms with Crippen molar-refractivity contribution in [1.29, 1.82) is 0 Å². The molecule has 0 saturated carbocycles. The van der Waals surface area contributed by atoms with Crippen LogP contribution in [0.5, 0.6) is 5.75 Å². The molecule has 0 bridgehead atoms. The molecular weight excluding hydrogens is 288 g/mol. The summed E-state index contributed by atoms with van der Waals surface area (Å²) in [4.78, 5) is 14.6. The molecule has 0 aromatic heterocycles. The number of hydrogen-bond donors (Lipinski definition) is 1.